The van der Waals surface area contributed by atoms with E-state index in [1.165, 1.54) is 164 Å². The second-order valence-corrected chi connectivity index (χ2v) is 16.2. The van der Waals surface area contributed by atoms with Gasteiger partial charge in [0.2, 0.25) is 0 Å². The van der Waals surface area contributed by atoms with Crippen molar-refractivity contribution in [2.45, 2.75) is 228 Å². The molecule has 0 aromatic heterocycles. The average Bonchev–Trinajstić information content (AvgIpc) is 3.18. The molecule has 0 fully saturated rings. The van der Waals surface area contributed by atoms with Gasteiger partial charge in [-0.05, 0) is 129 Å². The summed E-state index contributed by atoms with van der Waals surface area (Å²) in [6, 6.07) is 14.3. The first kappa shape index (κ1) is 51.6. The topological polar surface area (TPSA) is 24.7 Å². The van der Waals surface area contributed by atoms with Crippen LogP contribution in [0, 0.1) is 11.8 Å². The van der Waals surface area contributed by atoms with Crippen LogP contribution in [0.1, 0.15) is 224 Å². The van der Waals surface area contributed by atoms with Gasteiger partial charge in [-0.1, -0.05) is 175 Å². The first-order chi connectivity index (χ1) is 27.1. The third kappa shape index (κ3) is 25.0. The van der Waals surface area contributed by atoms with Gasteiger partial charge in [0, 0.05) is 22.9 Å². The molecule has 0 aliphatic rings. The molecule has 2 rings (SSSR count). The minimum atomic E-state index is 0. The van der Waals surface area contributed by atoms with E-state index < -0.39 is 0 Å². The zero-order chi connectivity index (χ0) is 39.6. The Hall–Kier alpha value is -2.43. The molecule has 316 valence electrons. The van der Waals surface area contributed by atoms with Crippen molar-refractivity contribution in [3.63, 3.8) is 0 Å². The van der Waals surface area contributed by atoms with Crippen molar-refractivity contribution in [2.75, 3.05) is 0 Å². The van der Waals surface area contributed by atoms with Gasteiger partial charge in [-0.15, -0.1) is 0 Å². The van der Waals surface area contributed by atoms with Crippen LogP contribution in [0.5, 0.6) is 0 Å². The van der Waals surface area contributed by atoms with Crippen molar-refractivity contribution in [1.29, 1.82) is 0 Å². The van der Waals surface area contributed by atoms with E-state index in [0.29, 0.717) is 0 Å². The summed E-state index contributed by atoms with van der Waals surface area (Å²) in [4.78, 5) is 10.9. The number of aliphatic imine (C=N–C) groups is 2. The van der Waals surface area contributed by atoms with E-state index in [4.69, 9.17) is 9.98 Å². The fourth-order valence-electron chi connectivity index (χ4n) is 7.30. The van der Waals surface area contributed by atoms with Crippen LogP contribution in [0.4, 0.5) is 11.4 Å². The van der Waals surface area contributed by atoms with Crippen molar-refractivity contribution in [3.8, 4) is 11.8 Å². The summed E-state index contributed by atoms with van der Waals surface area (Å²) in [5, 5.41) is 0. The molecule has 2 nitrogen and oxygen atoms in total. The fourth-order valence-corrected chi connectivity index (χ4v) is 7.30. The van der Waals surface area contributed by atoms with Gasteiger partial charge in [0.15, 0.2) is 0 Å². The van der Waals surface area contributed by atoms with Crippen LogP contribution in [0.2, 0.25) is 0 Å². The normalized spacial score (nSPS) is 11.9. The molecule has 3 heteroatoms. The molecule has 0 aliphatic heterocycles. The van der Waals surface area contributed by atoms with E-state index in [-0.39, 0.29) is 16.5 Å². The van der Waals surface area contributed by atoms with Crippen LogP contribution in [0.25, 0.3) is 0 Å². The Labute approximate surface area is 358 Å². The Kier molecular flexibility index (Phi) is 32.9. The van der Waals surface area contributed by atoms with Crippen molar-refractivity contribution >= 4 is 22.8 Å². The van der Waals surface area contributed by atoms with Gasteiger partial charge in [0.25, 0.3) is 0 Å². The predicted octanol–water partition coefficient (Wildman–Crippen LogP) is 17.1. The Balaban J connectivity index is 0.0000157. The van der Waals surface area contributed by atoms with Crippen LogP contribution in [-0.4, -0.2) is 11.4 Å². The first-order valence-corrected chi connectivity index (χ1v) is 23.6. The van der Waals surface area contributed by atoms with Crippen molar-refractivity contribution in [3.05, 3.63) is 70.8 Å². The fraction of sp³-hybridized carbons (Fsp3) is 0.660. The van der Waals surface area contributed by atoms with Crippen LogP contribution < -0.4 is 0 Å². The molecule has 0 bridgehead atoms. The van der Waals surface area contributed by atoms with Crippen molar-refractivity contribution in [1.82, 2.24) is 0 Å². The maximum absolute atomic E-state index is 5.49. The van der Waals surface area contributed by atoms with Gasteiger partial charge in [0.05, 0.1) is 17.1 Å². The van der Waals surface area contributed by atoms with Gasteiger partial charge in [-0.2, -0.15) is 0 Å². The van der Waals surface area contributed by atoms with Crippen molar-refractivity contribution < 1.29 is 16.5 Å². The Morgan fingerprint density at radius 2 is 0.821 bits per heavy atom. The zero-order valence-corrected chi connectivity index (χ0v) is 38.3. The zero-order valence-electron chi connectivity index (χ0n) is 37.3. The minimum absolute atomic E-state index is 0. The summed E-state index contributed by atoms with van der Waals surface area (Å²) in [7, 11) is 0. The predicted molar refractivity (Wildman–Crippen MR) is 248 cm³/mol. The molecule has 0 saturated carbocycles. The monoisotopic (exact) mass is 807 g/mol. The molecule has 0 amide bonds. The van der Waals surface area contributed by atoms with Crippen LogP contribution >= 0.6 is 0 Å². The second-order valence-electron chi connectivity index (χ2n) is 16.2. The first-order valence-electron chi connectivity index (χ1n) is 23.6. The summed E-state index contributed by atoms with van der Waals surface area (Å²) in [5.41, 5.74) is 9.50. The van der Waals surface area contributed by atoms with E-state index >= 15 is 0 Å². The van der Waals surface area contributed by atoms with Gasteiger partial charge in [-0.3, -0.25) is 0 Å². The standard InChI is InChI=1S/C53H84N2.Ni/c1-7-13-19-21-23-24-25-27-33-39-53(55-51-44-48(36-30-17-11-5)41-49(45-51)37-31-18-12-6)52(38-32-26-22-20-14-8-2)54-50-42-46(34-28-15-9-3)40-47(43-50)35-29-16-10-4;/h33,39-45H,7-31,34-37H2,1-6H3;. The molecule has 56 heavy (non-hydrogen) atoms. The molecule has 0 unspecified atom stereocenters. The number of allylic oxidation sites excluding steroid dienone is 2. The summed E-state index contributed by atoms with van der Waals surface area (Å²) < 4.78 is 0. The van der Waals surface area contributed by atoms with E-state index in [0.717, 1.165) is 67.7 Å². The summed E-state index contributed by atoms with van der Waals surface area (Å²) in [6.07, 6.45) is 40.2. The van der Waals surface area contributed by atoms with Crippen LogP contribution in [-0.2, 0) is 42.2 Å². The van der Waals surface area contributed by atoms with Gasteiger partial charge >= 0.3 is 0 Å². The van der Waals surface area contributed by atoms with Crippen LogP contribution in [0.3, 0.4) is 0 Å². The molecule has 0 heterocycles. The summed E-state index contributed by atoms with van der Waals surface area (Å²) in [6.45, 7) is 13.7. The number of hydrogen-bond donors (Lipinski definition) is 0. The number of unbranched alkanes of at least 4 members (excludes halogenated alkanes) is 19. The Bertz CT molecular complexity index is 1360. The molecule has 0 radical (unpaired) electrons. The second kappa shape index (κ2) is 35.7. The quantitative estimate of drug-likeness (QED) is 0.0304. The Morgan fingerprint density at radius 3 is 1.27 bits per heavy atom. The number of aryl methyl sites for hydroxylation is 4. The molecular weight excluding hydrogens is 723 g/mol. The van der Waals surface area contributed by atoms with Gasteiger partial charge in [-0.25, -0.2) is 9.98 Å². The van der Waals surface area contributed by atoms with E-state index in [9.17, 15) is 0 Å². The third-order valence-corrected chi connectivity index (χ3v) is 10.7. The molecule has 0 spiro atoms. The maximum atomic E-state index is 5.49. The minimum Gasteiger partial charge on any atom is -0.246 e. The molecule has 0 atom stereocenters. The molecular formula is C53H84N2Ni. The average molecular weight is 808 g/mol. The third-order valence-electron chi connectivity index (χ3n) is 10.7. The number of benzene rings is 2. The summed E-state index contributed by atoms with van der Waals surface area (Å²) >= 11 is 0. The largest absolute Gasteiger partial charge is 0.246 e. The van der Waals surface area contributed by atoms with Crippen molar-refractivity contribution in [2.24, 2.45) is 9.98 Å². The molecule has 0 saturated heterocycles. The smallest absolute Gasteiger partial charge is 0.139 e. The number of hydrogen-bond acceptors (Lipinski definition) is 2. The number of nitrogens with zero attached hydrogens (tertiary/aromatic N) is 2. The van der Waals surface area contributed by atoms with E-state index in [1.54, 1.807) is 0 Å². The Morgan fingerprint density at radius 1 is 0.446 bits per heavy atom. The van der Waals surface area contributed by atoms with Gasteiger partial charge in [0.1, 0.15) is 5.71 Å². The number of rotatable bonds is 32. The van der Waals surface area contributed by atoms with Gasteiger partial charge < -0.3 is 0 Å². The molecule has 0 aliphatic carbocycles. The molecule has 0 N–H and O–H groups in total. The van der Waals surface area contributed by atoms with E-state index in [1.807, 2.05) is 0 Å². The SMILES string of the molecule is CCCCCCC#CC(=Nc1cc(CCCCC)cc(CCCCC)c1)C(C=CCCCCCCCCC)=Nc1cc(CCCCC)cc(CCCCC)c1.[Ni]. The molecule has 2 aromatic carbocycles. The van der Waals surface area contributed by atoms with Crippen LogP contribution in [0.15, 0.2) is 58.5 Å². The van der Waals surface area contributed by atoms with E-state index in [2.05, 4.69) is 102 Å². The maximum Gasteiger partial charge on any atom is 0.139 e. The summed E-state index contributed by atoms with van der Waals surface area (Å²) in [5.74, 6) is 7.20. The molecule has 2 aromatic rings.